The fourth-order valence-corrected chi connectivity index (χ4v) is 4.30. The van der Waals surface area contributed by atoms with E-state index in [2.05, 4.69) is 18.8 Å². The number of para-hydroxylation sites is 1. The van der Waals surface area contributed by atoms with E-state index in [-0.39, 0.29) is 18.0 Å². The first-order valence-electron chi connectivity index (χ1n) is 9.02. The highest BCUT2D eigenvalue weighted by Gasteiger charge is 2.32. The first-order chi connectivity index (χ1) is 12.5. The van der Waals surface area contributed by atoms with E-state index in [0.29, 0.717) is 0 Å². The smallest absolute Gasteiger partial charge is 0.331 e. The molecular formula is C20H24N2O3S. The van der Waals surface area contributed by atoms with Crippen LogP contribution in [0.5, 0.6) is 0 Å². The third kappa shape index (κ3) is 4.12. The number of amides is 1. The molecule has 0 aliphatic carbocycles. The van der Waals surface area contributed by atoms with Crippen molar-refractivity contribution in [3.8, 4) is 0 Å². The Morgan fingerprint density at radius 2 is 1.96 bits per heavy atom. The molecule has 1 aliphatic rings. The standard InChI is InChI=1S/C20H24N2O3S/c1-13-7-6-8-14(2)22(13)20(24)15(3)25-19(23)12-11-18-21-16-9-4-5-10-17(16)26-18/h4-5,9-15H,6-8H2,1-3H3/b12-11+/t13-,14-,15+/m0/s1. The quantitative estimate of drug-likeness (QED) is 0.600. The van der Waals surface area contributed by atoms with E-state index in [1.807, 2.05) is 29.2 Å². The van der Waals surface area contributed by atoms with Crippen LogP contribution in [0, 0.1) is 0 Å². The molecular weight excluding hydrogens is 348 g/mol. The van der Waals surface area contributed by atoms with Crippen LogP contribution in [0.1, 0.15) is 45.0 Å². The van der Waals surface area contributed by atoms with Gasteiger partial charge in [-0.1, -0.05) is 12.1 Å². The number of piperidine rings is 1. The van der Waals surface area contributed by atoms with Gasteiger partial charge in [0.15, 0.2) is 6.10 Å². The zero-order chi connectivity index (χ0) is 18.7. The molecule has 0 unspecified atom stereocenters. The summed E-state index contributed by atoms with van der Waals surface area (Å²) >= 11 is 1.51. The molecule has 3 rings (SSSR count). The maximum atomic E-state index is 12.7. The summed E-state index contributed by atoms with van der Waals surface area (Å²) in [5, 5.41) is 0.736. The Hall–Kier alpha value is -2.21. The molecule has 5 nitrogen and oxygen atoms in total. The van der Waals surface area contributed by atoms with E-state index in [0.717, 1.165) is 34.5 Å². The zero-order valence-electron chi connectivity index (χ0n) is 15.3. The zero-order valence-corrected chi connectivity index (χ0v) is 16.2. The minimum Gasteiger partial charge on any atom is -0.449 e. The van der Waals surface area contributed by atoms with Gasteiger partial charge in [-0.15, -0.1) is 11.3 Å². The molecule has 2 aromatic rings. The van der Waals surface area contributed by atoms with Crippen LogP contribution in [0.4, 0.5) is 0 Å². The molecule has 1 aliphatic heterocycles. The number of nitrogens with zero attached hydrogens (tertiary/aromatic N) is 2. The first kappa shape index (κ1) is 18.6. The number of likely N-dealkylation sites (tertiary alicyclic amines) is 1. The molecule has 0 N–H and O–H groups in total. The molecule has 0 spiro atoms. The topological polar surface area (TPSA) is 59.5 Å². The van der Waals surface area contributed by atoms with E-state index in [9.17, 15) is 9.59 Å². The summed E-state index contributed by atoms with van der Waals surface area (Å²) < 4.78 is 6.38. The molecule has 0 bridgehead atoms. The predicted molar refractivity (Wildman–Crippen MR) is 104 cm³/mol. The van der Waals surface area contributed by atoms with E-state index in [4.69, 9.17) is 4.74 Å². The largest absolute Gasteiger partial charge is 0.449 e. The van der Waals surface area contributed by atoms with Crippen LogP contribution in [0.3, 0.4) is 0 Å². The van der Waals surface area contributed by atoms with Crippen molar-refractivity contribution in [2.75, 3.05) is 0 Å². The predicted octanol–water partition coefficient (Wildman–Crippen LogP) is 4.03. The maximum absolute atomic E-state index is 12.7. The summed E-state index contributed by atoms with van der Waals surface area (Å²) in [6.45, 7) is 5.74. The minimum atomic E-state index is -0.787. The lowest BCUT2D eigenvalue weighted by Gasteiger charge is -2.40. The average molecular weight is 372 g/mol. The molecule has 3 atom stereocenters. The number of esters is 1. The highest BCUT2D eigenvalue weighted by atomic mass is 32.1. The molecule has 2 heterocycles. The fraction of sp³-hybridized carbons (Fsp3) is 0.450. The molecule has 6 heteroatoms. The summed E-state index contributed by atoms with van der Waals surface area (Å²) in [6, 6.07) is 8.18. The maximum Gasteiger partial charge on any atom is 0.331 e. The highest BCUT2D eigenvalue weighted by Crippen LogP contribution is 2.24. The number of aromatic nitrogens is 1. The number of benzene rings is 1. The van der Waals surface area contributed by atoms with E-state index in [1.165, 1.54) is 17.4 Å². The third-order valence-electron chi connectivity index (χ3n) is 4.76. The summed E-state index contributed by atoms with van der Waals surface area (Å²) in [5.41, 5.74) is 0.905. The number of hydrogen-bond acceptors (Lipinski definition) is 5. The third-order valence-corrected chi connectivity index (χ3v) is 5.76. The number of fused-ring (bicyclic) bond motifs is 1. The summed E-state index contributed by atoms with van der Waals surface area (Å²) in [7, 11) is 0. The number of ether oxygens (including phenoxy) is 1. The van der Waals surface area contributed by atoms with Gasteiger partial charge in [-0.05, 0) is 58.2 Å². The van der Waals surface area contributed by atoms with E-state index >= 15 is 0 Å². The summed E-state index contributed by atoms with van der Waals surface area (Å²) in [5.74, 6) is -0.645. The Morgan fingerprint density at radius 1 is 1.27 bits per heavy atom. The lowest BCUT2D eigenvalue weighted by molar-refractivity contribution is -0.158. The van der Waals surface area contributed by atoms with Crippen molar-refractivity contribution >= 4 is 39.5 Å². The number of carbonyl (C=O) groups excluding carboxylic acids is 2. The van der Waals surface area contributed by atoms with Crippen LogP contribution < -0.4 is 0 Å². The monoisotopic (exact) mass is 372 g/mol. The molecule has 1 amide bonds. The second-order valence-electron chi connectivity index (χ2n) is 6.81. The van der Waals surface area contributed by atoms with Gasteiger partial charge in [-0.3, -0.25) is 4.79 Å². The van der Waals surface area contributed by atoms with Gasteiger partial charge >= 0.3 is 5.97 Å². The van der Waals surface area contributed by atoms with Gasteiger partial charge in [-0.2, -0.15) is 0 Å². The number of carbonyl (C=O) groups is 2. The molecule has 1 saturated heterocycles. The van der Waals surface area contributed by atoms with Crippen LogP contribution in [0.25, 0.3) is 16.3 Å². The van der Waals surface area contributed by atoms with E-state index < -0.39 is 12.1 Å². The molecule has 1 fully saturated rings. The lowest BCUT2D eigenvalue weighted by Crippen LogP contribution is -2.51. The van der Waals surface area contributed by atoms with Crippen molar-refractivity contribution in [2.24, 2.45) is 0 Å². The fourth-order valence-electron chi connectivity index (χ4n) is 3.43. The van der Waals surface area contributed by atoms with Gasteiger partial charge < -0.3 is 9.64 Å². The van der Waals surface area contributed by atoms with Crippen LogP contribution in [0.15, 0.2) is 30.3 Å². The van der Waals surface area contributed by atoms with Crippen LogP contribution in [-0.2, 0) is 14.3 Å². The normalized spacial score (nSPS) is 21.9. The van der Waals surface area contributed by atoms with Gasteiger partial charge in [0.1, 0.15) is 5.01 Å². The van der Waals surface area contributed by atoms with Crippen LogP contribution in [-0.4, -0.2) is 39.9 Å². The van der Waals surface area contributed by atoms with Crippen LogP contribution in [0.2, 0.25) is 0 Å². The average Bonchev–Trinajstić information content (AvgIpc) is 3.02. The molecule has 0 saturated carbocycles. The number of hydrogen-bond donors (Lipinski definition) is 0. The van der Waals surface area contributed by atoms with Crippen molar-refractivity contribution in [2.45, 2.75) is 58.2 Å². The Bertz CT molecular complexity index is 786. The van der Waals surface area contributed by atoms with Gasteiger partial charge in [-0.25, -0.2) is 9.78 Å². The molecule has 1 aromatic heterocycles. The van der Waals surface area contributed by atoms with Crippen molar-refractivity contribution in [3.05, 3.63) is 35.3 Å². The molecule has 138 valence electrons. The van der Waals surface area contributed by atoms with Gasteiger partial charge in [0.25, 0.3) is 5.91 Å². The second-order valence-corrected chi connectivity index (χ2v) is 7.87. The molecule has 26 heavy (non-hydrogen) atoms. The first-order valence-corrected chi connectivity index (χ1v) is 9.84. The summed E-state index contributed by atoms with van der Waals surface area (Å²) in [4.78, 5) is 31.1. The minimum absolute atomic E-state index is 0.119. The van der Waals surface area contributed by atoms with Crippen molar-refractivity contribution in [3.63, 3.8) is 0 Å². The Kier molecular flexibility index (Phi) is 5.71. The van der Waals surface area contributed by atoms with Crippen LogP contribution >= 0.6 is 11.3 Å². The van der Waals surface area contributed by atoms with Crippen molar-refractivity contribution in [1.82, 2.24) is 9.88 Å². The highest BCUT2D eigenvalue weighted by molar-refractivity contribution is 7.19. The number of rotatable bonds is 4. The molecule has 1 aromatic carbocycles. The van der Waals surface area contributed by atoms with Gasteiger partial charge in [0.05, 0.1) is 10.2 Å². The second kappa shape index (κ2) is 7.99. The van der Waals surface area contributed by atoms with Gasteiger partial charge in [0.2, 0.25) is 0 Å². The van der Waals surface area contributed by atoms with Crippen molar-refractivity contribution in [1.29, 1.82) is 0 Å². The summed E-state index contributed by atoms with van der Waals surface area (Å²) in [6.07, 6.45) is 5.31. The SMILES string of the molecule is C[C@@H](OC(=O)/C=C/c1nc2ccccc2s1)C(=O)N1[C@@H](C)CCC[C@@H]1C. The van der Waals surface area contributed by atoms with E-state index in [1.54, 1.807) is 13.0 Å². The Morgan fingerprint density at radius 3 is 2.65 bits per heavy atom. The molecule has 0 radical (unpaired) electrons. The Balaban J connectivity index is 1.60. The Labute approximate surface area is 157 Å². The van der Waals surface area contributed by atoms with Crippen molar-refractivity contribution < 1.29 is 14.3 Å². The van der Waals surface area contributed by atoms with Gasteiger partial charge in [0, 0.05) is 18.2 Å². The lowest BCUT2D eigenvalue weighted by atomic mass is 9.97. The number of thiazole rings is 1.